The van der Waals surface area contributed by atoms with Gasteiger partial charge in [-0.1, -0.05) is 6.07 Å². The number of hydrogen-bond donors (Lipinski definition) is 1. The van der Waals surface area contributed by atoms with E-state index in [1.54, 1.807) is 17.0 Å². The molecule has 2 heterocycles. The molecule has 0 aliphatic carbocycles. The fraction of sp³-hybridized carbons (Fsp3) is 0.353. The highest BCUT2D eigenvalue weighted by molar-refractivity contribution is 7.94. The van der Waals surface area contributed by atoms with Crippen LogP contribution in [0.5, 0.6) is 0 Å². The van der Waals surface area contributed by atoms with Crippen molar-refractivity contribution in [3.05, 3.63) is 45.8 Å². The number of sulfonamides is 1. The van der Waals surface area contributed by atoms with Crippen molar-refractivity contribution >= 4 is 33.0 Å². The number of carbonyl (C=O) groups excluding carboxylic acids is 1. The third kappa shape index (κ3) is 3.32. The topological polar surface area (TPSA) is 66.5 Å². The van der Waals surface area contributed by atoms with Crippen molar-refractivity contribution in [1.82, 2.24) is 4.90 Å². The molecule has 0 fully saturated rings. The fourth-order valence-electron chi connectivity index (χ4n) is 2.72. The summed E-state index contributed by atoms with van der Waals surface area (Å²) in [6.45, 7) is 6.61. The normalized spacial score (nSPS) is 14.4. The lowest BCUT2D eigenvalue weighted by atomic mass is 10.1. The molecule has 1 aromatic carbocycles. The molecule has 1 amide bonds. The van der Waals surface area contributed by atoms with Crippen LogP contribution in [0.15, 0.2) is 28.5 Å². The number of thiophene rings is 1. The van der Waals surface area contributed by atoms with Crippen LogP contribution in [0.3, 0.4) is 0 Å². The third-order valence-electron chi connectivity index (χ3n) is 4.31. The van der Waals surface area contributed by atoms with Crippen LogP contribution in [0.1, 0.15) is 28.5 Å². The summed E-state index contributed by atoms with van der Waals surface area (Å²) >= 11 is 1.29. The molecule has 128 valence electrons. The van der Waals surface area contributed by atoms with Crippen LogP contribution in [-0.2, 0) is 27.8 Å². The summed E-state index contributed by atoms with van der Waals surface area (Å²) in [5.41, 5.74) is 3.66. The van der Waals surface area contributed by atoms with Gasteiger partial charge in [0, 0.05) is 30.6 Å². The van der Waals surface area contributed by atoms with Gasteiger partial charge >= 0.3 is 0 Å². The second kappa shape index (κ2) is 6.22. The highest BCUT2D eigenvalue weighted by Crippen LogP contribution is 2.32. The van der Waals surface area contributed by atoms with E-state index in [4.69, 9.17) is 0 Å². The Labute approximate surface area is 146 Å². The molecule has 1 aliphatic rings. The zero-order chi connectivity index (χ0) is 17.5. The van der Waals surface area contributed by atoms with Crippen LogP contribution >= 0.6 is 11.3 Å². The lowest BCUT2D eigenvalue weighted by Gasteiger charge is -2.25. The lowest BCUT2D eigenvalue weighted by Crippen LogP contribution is -2.33. The Balaban J connectivity index is 1.86. The number of hydrogen-bond acceptors (Lipinski definition) is 4. The molecule has 1 aromatic heterocycles. The number of carbonyl (C=O) groups is 1. The van der Waals surface area contributed by atoms with E-state index in [-0.39, 0.29) is 5.91 Å². The van der Waals surface area contributed by atoms with Gasteiger partial charge in [-0.15, -0.1) is 11.3 Å². The van der Waals surface area contributed by atoms with Crippen molar-refractivity contribution in [2.24, 2.45) is 0 Å². The van der Waals surface area contributed by atoms with Gasteiger partial charge < -0.3 is 4.90 Å². The monoisotopic (exact) mass is 364 g/mol. The van der Waals surface area contributed by atoms with E-state index in [1.807, 2.05) is 26.0 Å². The average Bonchev–Trinajstić information content (AvgIpc) is 2.94. The molecular weight excluding hydrogens is 344 g/mol. The molecule has 3 rings (SSSR count). The first kappa shape index (κ1) is 17.0. The van der Waals surface area contributed by atoms with Gasteiger partial charge in [-0.25, -0.2) is 8.42 Å². The van der Waals surface area contributed by atoms with Crippen LogP contribution in [0.4, 0.5) is 5.69 Å². The molecule has 0 saturated carbocycles. The second-order valence-corrected chi connectivity index (χ2v) is 9.15. The van der Waals surface area contributed by atoms with Crippen molar-refractivity contribution in [3.8, 4) is 0 Å². The van der Waals surface area contributed by atoms with Crippen LogP contribution in [0.25, 0.3) is 0 Å². The summed E-state index contributed by atoms with van der Waals surface area (Å²) in [5.74, 6) is 0.0181. The van der Waals surface area contributed by atoms with Crippen LogP contribution in [-0.4, -0.2) is 25.8 Å². The summed E-state index contributed by atoms with van der Waals surface area (Å²) in [6, 6.07) is 7.19. The molecule has 0 atom stereocenters. The molecule has 0 unspecified atom stereocenters. The van der Waals surface area contributed by atoms with Crippen molar-refractivity contribution in [2.45, 2.75) is 37.9 Å². The number of fused-ring (bicyclic) bond motifs is 1. The Morgan fingerprint density at radius 2 is 1.96 bits per heavy atom. The van der Waals surface area contributed by atoms with E-state index in [9.17, 15) is 13.2 Å². The Kier molecular flexibility index (Phi) is 4.40. The zero-order valence-electron chi connectivity index (χ0n) is 13.9. The summed E-state index contributed by atoms with van der Waals surface area (Å²) in [4.78, 5) is 14.3. The standard InChI is InChI=1S/C17H20N2O3S2/c1-11-4-5-15(8-12(11)2)18-24(21,22)17-9-14-10-19(13(3)20)7-6-16(14)23-17/h4-5,8-9,18H,6-7,10H2,1-3H3. The molecule has 7 heteroatoms. The highest BCUT2D eigenvalue weighted by Gasteiger charge is 2.25. The van der Waals surface area contributed by atoms with Gasteiger partial charge in [-0.05, 0) is 55.2 Å². The summed E-state index contributed by atoms with van der Waals surface area (Å²) in [6.07, 6.45) is 0.707. The number of amides is 1. The number of rotatable bonds is 3. The van der Waals surface area contributed by atoms with Crippen molar-refractivity contribution < 1.29 is 13.2 Å². The van der Waals surface area contributed by atoms with Gasteiger partial charge in [-0.3, -0.25) is 9.52 Å². The van der Waals surface area contributed by atoms with Gasteiger partial charge in [0.25, 0.3) is 10.0 Å². The second-order valence-electron chi connectivity index (χ2n) is 6.11. The van der Waals surface area contributed by atoms with Gasteiger partial charge in [0.05, 0.1) is 0 Å². The SMILES string of the molecule is CC(=O)N1CCc2sc(S(=O)(=O)Nc3ccc(C)c(C)c3)cc2C1. The number of nitrogens with one attached hydrogen (secondary N) is 1. The average molecular weight is 364 g/mol. The Hall–Kier alpha value is -1.86. The van der Waals surface area contributed by atoms with E-state index in [1.165, 1.54) is 18.3 Å². The number of benzene rings is 1. The zero-order valence-corrected chi connectivity index (χ0v) is 15.6. The molecule has 0 saturated heterocycles. The van der Waals surface area contributed by atoms with Gasteiger partial charge in [0.1, 0.15) is 4.21 Å². The number of aryl methyl sites for hydroxylation is 2. The summed E-state index contributed by atoms with van der Waals surface area (Å²) < 4.78 is 28.2. The summed E-state index contributed by atoms with van der Waals surface area (Å²) in [7, 11) is -3.61. The molecule has 5 nitrogen and oxygen atoms in total. The maximum atomic E-state index is 12.6. The largest absolute Gasteiger partial charge is 0.338 e. The Morgan fingerprint density at radius 3 is 2.62 bits per heavy atom. The number of nitrogens with zero attached hydrogens (tertiary/aromatic N) is 1. The number of anilines is 1. The van der Waals surface area contributed by atoms with Crippen LogP contribution in [0, 0.1) is 13.8 Å². The molecule has 1 N–H and O–H groups in total. The maximum Gasteiger partial charge on any atom is 0.271 e. The molecule has 1 aliphatic heterocycles. The van der Waals surface area contributed by atoms with E-state index in [0.29, 0.717) is 29.4 Å². The molecule has 0 radical (unpaired) electrons. The van der Waals surface area contributed by atoms with Gasteiger partial charge in [0.2, 0.25) is 5.91 Å². The fourth-order valence-corrected chi connectivity index (χ4v) is 5.31. The molecular formula is C17H20N2O3S2. The third-order valence-corrected chi connectivity index (χ3v) is 7.41. The Bertz CT molecular complexity index is 901. The van der Waals surface area contributed by atoms with Crippen molar-refractivity contribution in [1.29, 1.82) is 0 Å². The minimum Gasteiger partial charge on any atom is -0.338 e. The predicted molar refractivity (Wildman–Crippen MR) is 95.8 cm³/mol. The Morgan fingerprint density at radius 1 is 1.21 bits per heavy atom. The van der Waals surface area contributed by atoms with E-state index >= 15 is 0 Å². The first-order valence-electron chi connectivity index (χ1n) is 7.73. The predicted octanol–water partition coefficient (Wildman–Crippen LogP) is 3.07. The lowest BCUT2D eigenvalue weighted by molar-refractivity contribution is -0.129. The first-order valence-corrected chi connectivity index (χ1v) is 10.0. The maximum absolute atomic E-state index is 12.6. The van der Waals surface area contributed by atoms with E-state index in [0.717, 1.165) is 21.6 Å². The molecule has 0 spiro atoms. The highest BCUT2D eigenvalue weighted by atomic mass is 32.2. The molecule has 0 bridgehead atoms. The van der Waals surface area contributed by atoms with Gasteiger partial charge in [-0.2, -0.15) is 0 Å². The first-order chi connectivity index (χ1) is 11.3. The molecule has 2 aromatic rings. The summed E-state index contributed by atoms with van der Waals surface area (Å²) in [5, 5.41) is 0. The van der Waals surface area contributed by atoms with Crippen LogP contribution in [0.2, 0.25) is 0 Å². The minimum atomic E-state index is -3.61. The van der Waals surface area contributed by atoms with E-state index < -0.39 is 10.0 Å². The minimum absolute atomic E-state index is 0.0181. The molecule has 24 heavy (non-hydrogen) atoms. The quantitative estimate of drug-likeness (QED) is 0.910. The van der Waals surface area contributed by atoms with Crippen molar-refractivity contribution in [2.75, 3.05) is 11.3 Å². The van der Waals surface area contributed by atoms with Crippen molar-refractivity contribution in [3.63, 3.8) is 0 Å². The van der Waals surface area contributed by atoms with Gasteiger partial charge in [0.15, 0.2) is 0 Å². The smallest absolute Gasteiger partial charge is 0.271 e. The van der Waals surface area contributed by atoms with Crippen LogP contribution < -0.4 is 4.72 Å². The van der Waals surface area contributed by atoms with E-state index in [2.05, 4.69) is 4.72 Å².